The van der Waals surface area contributed by atoms with Crippen LogP contribution in [0.15, 0.2) is 12.2 Å². The Morgan fingerprint density at radius 1 is 1.21 bits per heavy atom. The number of imide groups is 1. The maximum Gasteiger partial charge on any atom is 0.333 e. The lowest BCUT2D eigenvalue weighted by molar-refractivity contribution is -0.197. The largest absolute Gasteiger partial charge is 0.335 e. The summed E-state index contributed by atoms with van der Waals surface area (Å²) >= 11 is 0. The van der Waals surface area contributed by atoms with Gasteiger partial charge in [-0.15, -0.1) is 5.06 Å². The van der Waals surface area contributed by atoms with Gasteiger partial charge in [-0.1, -0.05) is 6.08 Å². The van der Waals surface area contributed by atoms with Crippen molar-refractivity contribution in [1.82, 2.24) is 9.96 Å². The average Bonchev–Trinajstić information content (AvgIpc) is 2.90. The van der Waals surface area contributed by atoms with Crippen molar-refractivity contribution in [1.29, 1.82) is 0 Å². The minimum Gasteiger partial charge on any atom is -0.335 e. The van der Waals surface area contributed by atoms with Crippen LogP contribution in [0.3, 0.4) is 0 Å². The SMILES string of the molecule is O=C(CCCN1CC=CC1=O)ON1C(=O)CCC1=O. The molecule has 0 bridgehead atoms. The van der Waals surface area contributed by atoms with E-state index in [-0.39, 0.29) is 25.2 Å². The molecular formula is C12H14N2O5. The second-order valence-electron chi connectivity index (χ2n) is 4.34. The standard InChI is InChI=1S/C12H14N2O5/c15-9-3-1-7-13(9)8-2-4-12(18)19-14-10(16)5-6-11(14)17/h1,3H,2,4-8H2. The van der Waals surface area contributed by atoms with E-state index in [0.717, 1.165) is 0 Å². The van der Waals surface area contributed by atoms with Crippen molar-refractivity contribution in [2.24, 2.45) is 0 Å². The van der Waals surface area contributed by atoms with Crippen LogP contribution in [0.25, 0.3) is 0 Å². The average molecular weight is 266 g/mol. The summed E-state index contributed by atoms with van der Waals surface area (Å²) in [5, 5.41) is 0.533. The van der Waals surface area contributed by atoms with Gasteiger partial charge in [0.2, 0.25) is 5.91 Å². The lowest BCUT2D eigenvalue weighted by Crippen LogP contribution is -2.32. The normalized spacial score (nSPS) is 18.6. The zero-order valence-electron chi connectivity index (χ0n) is 10.3. The highest BCUT2D eigenvalue weighted by atomic mass is 16.7. The van der Waals surface area contributed by atoms with Gasteiger partial charge in [0.05, 0.1) is 0 Å². The third-order valence-corrected chi connectivity index (χ3v) is 2.91. The van der Waals surface area contributed by atoms with Gasteiger partial charge in [-0.05, 0) is 6.42 Å². The third-order valence-electron chi connectivity index (χ3n) is 2.91. The molecule has 0 spiro atoms. The predicted molar refractivity (Wildman–Crippen MR) is 62.1 cm³/mol. The first-order valence-corrected chi connectivity index (χ1v) is 6.10. The molecule has 0 unspecified atom stereocenters. The quantitative estimate of drug-likeness (QED) is 0.642. The lowest BCUT2D eigenvalue weighted by atomic mass is 10.3. The van der Waals surface area contributed by atoms with Crippen molar-refractivity contribution in [3.05, 3.63) is 12.2 Å². The number of hydrogen-bond acceptors (Lipinski definition) is 5. The molecule has 102 valence electrons. The molecule has 0 radical (unpaired) electrons. The van der Waals surface area contributed by atoms with Crippen LogP contribution in [0.1, 0.15) is 25.7 Å². The molecule has 2 rings (SSSR count). The fourth-order valence-electron chi connectivity index (χ4n) is 1.90. The Balaban J connectivity index is 1.69. The highest BCUT2D eigenvalue weighted by molar-refractivity contribution is 6.01. The number of nitrogens with zero attached hydrogens (tertiary/aromatic N) is 2. The first-order valence-electron chi connectivity index (χ1n) is 6.10. The van der Waals surface area contributed by atoms with Crippen LogP contribution in [-0.4, -0.2) is 46.7 Å². The Morgan fingerprint density at radius 3 is 2.47 bits per heavy atom. The van der Waals surface area contributed by atoms with Gasteiger partial charge in [-0.3, -0.25) is 14.4 Å². The summed E-state index contributed by atoms with van der Waals surface area (Å²) in [6.45, 7) is 1.000. The molecule has 1 fully saturated rings. The van der Waals surface area contributed by atoms with Crippen LogP contribution in [-0.2, 0) is 24.0 Å². The molecule has 0 aromatic carbocycles. The fraction of sp³-hybridized carbons (Fsp3) is 0.500. The maximum absolute atomic E-state index is 11.5. The van der Waals surface area contributed by atoms with Crippen molar-refractivity contribution in [3.63, 3.8) is 0 Å². The summed E-state index contributed by atoms with van der Waals surface area (Å²) < 4.78 is 0. The van der Waals surface area contributed by atoms with Crippen LogP contribution in [0.5, 0.6) is 0 Å². The van der Waals surface area contributed by atoms with Crippen LogP contribution in [0.4, 0.5) is 0 Å². The van der Waals surface area contributed by atoms with E-state index in [9.17, 15) is 19.2 Å². The van der Waals surface area contributed by atoms with Crippen LogP contribution >= 0.6 is 0 Å². The van der Waals surface area contributed by atoms with E-state index >= 15 is 0 Å². The molecule has 0 N–H and O–H groups in total. The second-order valence-corrected chi connectivity index (χ2v) is 4.34. The topological polar surface area (TPSA) is 84.0 Å². The number of hydroxylamine groups is 2. The predicted octanol–water partition coefficient (Wildman–Crippen LogP) is -0.228. The van der Waals surface area contributed by atoms with E-state index in [1.165, 1.54) is 6.08 Å². The van der Waals surface area contributed by atoms with Crippen molar-refractivity contribution < 1.29 is 24.0 Å². The number of rotatable bonds is 5. The Labute approximate surface area is 109 Å². The van der Waals surface area contributed by atoms with Gasteiger partial charge in [-0.2, -0.15) is 0 Å². The Kier molecular flexibility index (Phi) is 3.94. The van der Waals surface area contributed by atoms with Crippen molar-refractivity contribution >= 4 is 23.7 Å². The number of amides is 3. The highest BCUT2D eigenvalue weighted by Crippen LogP contribution is 2.13. The molecule has 2 aliphatic rings. The van der Waals surface area contributed by atoms with E-state index in [1.54, 1.807) is 11.0 Å². The van der Waals surface area contributed by atoms with E-state index in [2.05, 4.69) is 0 Å². The minimum atomic E-state index is -0.636. The van der Waals surface area contributed by atoms with E-state index in [1.807, 2.05) is 0 Å². The molecule has 7 heteroatoms. The van der Waals surface area contributed by atoms with Crippen molar-refractivity contribution in [2.75, 3.05) is 13.1 Å². The molecule has 1 saturated heterocycles. The van der Waals surface area contributed by atoms with Crippen molar-refractivity contribution in [3.8, 4) is 0 Å². The molecular weight excluding hydrogens is 252 g/mol. The summed E-state index contributed by atoms with van der Waals surface area (Å²) in [6, 6.07) is 0. The van der Waals surface area contributed by atoms with Crippen LogP contribution in [0.2, 0.25) is 0 Å². The molecule has 0 aromatic heterocycles. The molecule has 3 amide bonds. The zero-order valence-corrected chi connectivity index (χ0v) is 10.3. The Bertz CT molecular complexity index is 441. The fourth-order valence-corrected chi connectivity index (χ4v) is 1.90. The molecule has 0 aliphatic carbocycles. The maximum atomic E-state index is 11.5. The molecule has 7 nitrogen and oxygen atoms in total. The number of carbonyl (C=O) groups is 4. The van der Waals surface area contributed by atoms with Gasteiger partial charge < -0.3 is 9.74 Å². The summed E-state index contributed by atoms with van der Waals surface area (Å²) in [7, 11) is 0. The van der Waals surface area contributed by atoms with Gasteiger partial charge >= 0.3 is 5.97 Å². The van der Waals surface area contributed by atoms with Gasteiger partial charge in [0.15, 0.2) is 0 Å². The van der Waals surface area contributed by atoms with E-state index in [0.29, 0.717) is 24.6 Å². The second kappa shape index (κ2) is 5.64. The minimum absolute atomic E-state index is 0.0564. The van der Waals surface area contributed by atoms with E-state index in [4.69, 9.17) is 4.84 Å². The molecule has 0 atom stereocenters. The Hall–Kier alpha value is -2.18. The summed E-state index contributed by atoms with van der Waals surface area (Å²) in [5.74, 6) is -1.68. The monoisotopic (exact) mass is 266 g/mol. The van der Waals surface area contributed by atoms with Gasteiger partial charge in [-0.25, -0.2) is 4.79 Å². The van der Waals surface area contributed by atoms with Crippen molar-refractivity contribution in [2.45, 2.75) is 25.7 Å². The summed E-state index contributed by atoms with van der Waals surface area (Å²) in [4.78, 5) is 51.4. The first-order chi connectivity index (χ1) is 9.08. The molecule has 0 aromatic rings. The Morgan fingerprint density at radius 2 is 1.89 bits per heavy atom. The van der Waals surface area contributed by atoms with Gasteiger partial charge in [0, 0.05) is 38.4 Å². The number of carbonyl (C=O) groups excluding carboxylic acids is 4. The van der Waals surface area contributed by atoms with Crippen LogP contribution < -0.4 is 0 Å². The molecule has 2 aliphatic heterocycles. The summed E-state index contributed by atoms with van der Waals surface area (Å²) in [6.07, 6.45) is 3.89. The third kappa shape index (κ3) is 3.18. The smallest absolute Gasteiger partial charge is 0.333 e. The molecule has 19 heavy (non-hydrogen) atoms. The first kappa shape index (κ1) is 13.3. The molecule has 2 heterocycles. The van der Waals surface area contributed by atoms with Gasteiger partial charge in [0.1, 0.15) is 0 Å². The summed E-state index contributed by atoms with van der Waals surface area (Å²) in [5.41, 5.74) is 0. The lowest BCUT2D eigenvalue weighted by Gasteiger charge is -2.15. The number of hydrogen-bond donors (Lipinski definition) is 0. The van der Waals surface area contributed by atoms with Gasteiger partial charge in [0.25, 0.3) is 11.8 Å². The zero-order chi connectivity index (χ0) is 13.8. The van der Waals surface area contributed by atoms with Crippen LogP contribution in [0, 0.1) is 0 Å². The highest BCUT2D eigenvalue weighted by Gasteiger charge is 2.32. The molecule has 0 saturated carbocycles. The van der Waals surface area contributed by atoms with E-state index < -0.39 is 17.8 Å².